The van der Waals surface area contributed by atoms with Gasteiger partial charge in [0.05, 0.1) is 14.2 Å². The monoisotopic (exact) mass is 243 g/mol. The van der Waals surface area contributed by atoms with Gasteiger partial charge in [-0.25, -0.2) is 9.78 Å². The lowest BCUT2D eigenvalue weighted by Crippen LogP contribution is -2.03. The second-order valence-corrected chi connectivity index (χ2v) is 3.65. The van der Waals surface area contributed by atoms with Crippen LogP contribution in [0.4, 0.5) is 0 Å². The summed E-state index contributed by atoms with van der Waals surface area (Å²) in [5.41, 5.74) is 2.25. The van der Waals surface area contributed by atoms with E-state index in [2.05, 4.69) is 9.72 Å². The fourth-order valence-corrected chi connectivity index (χ4v) is 1.57. The molecule has 0 saturated heterocycles. The lowest BCUT2D eigenvalue weighted by Gasteiger charge is -2.04. The minimum Gasteiger partial charge on any atom is -0.497 e. The molecule has 0 unspecified atom stereocenters. The Labute approximate surface area is 105 Å². The second kappa shape index (κ2) is 5.31. The summed E-state index contributed by atoms with van der Waals surface area (Å²) in [6.07, 6.45) is 1.65. The van der Waals surface area contributed by atoms with Crippen molar-refractivity contribution in [2.45, 2.75) is 0 Å². The standard InChI is InChI=1S/C14H13NO3/c1-17-12-6-3-10(4-7-12)11-5-8-13(15-9-11)14(16)18-2/h3-9H,1-2H3. The zero-order chi connectivity index (χ0) is 13.0. The topological polar surface area (TPSA) is 48.4 Å². The number of hydrogen-bond acceptors (Lipinski definition) is 4. The highest BCUT2D eigenvalue weighted by atomic mass is 16.5. The molecule has 1 aromatic carbocycles. The largest absolute Gasteiger partial charge is 0.497 e. The summed E-state index contributed by atoms with van der Waals surface area (Å²) in [5.74, 6) is 0.370. The Hall–Kier alpha value is -2.36. The third-order valence-electron chi connectivity index (χ3n) is 2.58. The molecule has 2 aromatic rings. The first-order valence-electron chi connectivity index (χ1n) is 5.43. The predicted molar refractivity (Wildman–Crippen MR) is 67.6 cm³/mol. The zero-order valence-electron chi connectivity index (χ0n) is 10.2. The van der Waals surface area contributed by atoms with E-state index in [1.54, 1.807) is 19.4 Å². The average molecular weight is 243 g/mol. The van der Waals surface area contributed by atoms with Gasteiger partial charge in [-0.3, -0.25) is 0 Å². The quantitative estimate of drug-likeness (QED) is 0.777. The predicted octanol–water partition coefficient (Wildman–Crippen LogP) is 2.54. The molecule has 0 amide bonds. The van der Waals surface area contributed by atoms with E-state index in [4.69, 9.17) is 4.74 Å². The molecular formula is C14H13NO3. The molecule has 18 heavy (non-hydrogen) atoms. The first-order valence-corrected chi connectivity index (χ1v) is 5.43. The van der Waals surface area contributed by atoms with E-state index in [-0.39, 0.29) is 0 Å². The van der Waals surface area contributed by atoms with Crippen molar-refractivity contribution in [2.24, 2.45) is 0 Å². The van der Waals surface area contributed by atoms with Crippen LogP contribution in [0.15, 0.2) is 42.6 Å². The third kappa shape index (κ3) is 2.48. The van der Waals surface area contributed by atoms with Crippen LogP contribution in [0.2, 0.25) is 0 Å². The van der Waals surface area contributed by atoms with Gasteiger partial charge in [0.1, 0.15) is 11.4 Å². The van der Waals surface area contributed by atoms with Gasteiger partial charge in [-0.15, -0.1) is 0 Å². The Morgan fingerprint density at radius 3 is 2.17 bits per heavy atom. The zero-order valence-corrected chi connectivity index (χ0v) is 10.2. The van der Waals surface area contributed by atoms with Crippen LogP contribution in [0, 0.1) is 0 Å². The maximum Gasteiger partial charge on any atom is 0.356 e. The van der Waals surface area contributed by atoms with Crippen LogP contribution in [-0.4, -0.2) is 25.2 Å². The molecule has 2 rings (SSSR count). The van der Waals surface area contributed by atoms with Gasteiger partial charge in [0.15, 0.2) is 0 Å². The molecule has 0 atom stereocenters. The summed E-state index contributed by atoms with van der Waals surface area (Å²) in [5, 5.41) is 0. The van der Waals surface area contributed by atoms with Crippen molar-refractivity contribution in [3.63, 3.8) is 0 Å². The molecule has 92 valence electrons. The molecule has 0 saturated carbocycles. The molecule has 1 aromatic heterocycles. The van der Waals surface area contributed by atoms with Crippen LogP contribution in [0.5, 0.6) is 5.75 Å². The van der Waals surface area contributed by atoms with Gasteiger partial charge in [0, 0.05) is 11.8 Å². The van der Waals surface area contributed by atoms with Gasteiger partial charge < -0.3 is 9.47 Å². The number of methoxy groups -OCH3 is 2. The highest BCUT2D eigenvalue weighted by Gasteiger charge is 2.06. The molecule has 4 heteroatoms. The minimum atomic E-state index is -0.434. The highest BCUT2D eigenvalue weighted by molar-refractivity contribution is 5.87. The molecule has 0 aliphatic rings. The molecule has 0 bridgehead atoms. The SMILES string of the molecule is COC(=O)c1ccc(-c2ccc(OC)cc2)cn1. The number of esters is 1. The van der Waals surface area contributed by atoms with Crippen molar-refractivity contribution in [3.8, 4) is 16.9 Å². The van der Waals surface area contributed by atoms with Crippen LogP contribution in [-0.2, 0) is 4.74 Å². The number of carbonyl (C=O) groups excluding carboxylic acids is 1. The molecular weight excluding hydrogens is 230 g/mol. The summed E-state index contributed by atoms with van der Waals surface area (Å²) in [6.45, 7) is 0. The fraction of sp³-hybridized carbons (Fsp3) is 0.143. The van der Waals surface area contributed by atoms with Gasteiger partial charge in [0.2, 0.25) is 0 Å². The van der Waals surface area contributed by atoms with E-state index in [0.717, 1.165) is 16.9 Å². The summed E-state index contributed by atoms with van der Waals surface area (Å²) in [4.78, 5) is 15.3. The van der Waals surface area contributed by atoms with E-state index >= 15 is 0 Å². The number of benzene rings is 1. The lowest BCUT2D eigenvalue weighted by molar-refractivity contribution is 0.0594. The second-order valence-electron chi connectivity index (χ2n) is 3.65. The summed E-state index contributed by atoms with van der Waals surface area (Å²) in [7, 11) is 2.96. The van der Waals surface area contributed by atoms with Crippen molar-refractivity contribution in [2.75, 3.05) is 14.2 Å². The molecule has 0 spiro atoms. The Balaban J connectivity index is 2.25. The van der Waals surface area contributed by atoms with Crippen LogP contribution in [0.3, 0.4) is 0 Å². The summed E-state index contributed by atoms with van der Waals surface area (Å²) in [6, 6.07) is 11.1. The van der Waals surface area contributed by atoms with Crippen LogP contribution < -0.4 is 4.74 Å². The molecule has 0 aliphatic carbocycles. The number of hydrogen-bond donors (Lipinski definition) is 0. The first kappa shape index (κ1) is 12.1. The van der Waals surface area contributed by atoms with Crippen LogP contribution >= 0.6 is 0 Å². The van der Waals surface area contributed by atoms with Gasteiger partial charge in [-0.1, -0.05) is 18.2 Å². The molecule has 4 nitrogen and oxygen atoms in total. The maximum absolute atomic E-state index is 11.2. The van der Waals surface area contributed by atoms with Gasteiger partial charge in [-0.05, 0) is 23.8 Å². The number of ether oxygens (including phenoxy) is 2. The van der Waals surface area contributed by atoms with E-state index in [1.807, 2.05) is 30.3 Å². The smallest absolute Gasteiger partial charge is 0.356 e. The van der Waals surface area contributed by atoms with E-state index in [9.17, 15) is 4.79 Å². The number of carbonyl (C=O) groups is 1. The highest BCUT2D eigenvalue weighted by Crippen LogP contribution is 2.21. The van der Waals surface area contributed by atoms with Crippen molar-refractivity contribution in [1.82, 2.24) is 4.98 Å². The van der Waals surface area contributed by atoms with E-state index in [0.29, 0.717) is 5.69 Å². The van der Waals surface area contributed by atoms with E-state index in [1.165, 1.54) is 7.11 Å². The van der Waals surface area contributed by atoms with Crippen molar-refractivity contribution in [1.29, 1.82) is 0 Å². The molecule has 0 fully saturated rings. The number of rotatable bonds is 3. The number of aromatic nitrogens is 1. The normalized spacial score (nSPS) is 9.89. The van der Waals surface area contributed by atoms with Crippen molar-refractivity contribution in [3.05, 3.63) is 48.3 Å². The van der Waals surface area contributed by atoms with Gasteiger partial charge in [-0.2, -0.15) is 0 Å². The van der Waals surface area contributed by atoms with Crippen molar-refractivity contribution < 1.29 is 14.3 Å². The summed E-state index contributed by atoms with van der Waals surface area (Å²) < 4.78 is 9.69. The average Bonchev–Trinajstić information content (AvgIpc) is 2.47. The number of nitrogens with zero attached hydrogens (tertiary/aromatic N) is 1. The third-order valence-corrected chi connectivity index (χ3v) is 2.58. The minimum absolute atomic E-state index is 0.301. The van der Waals surface area contributed by atoms with Crippen LogP contribution in [0.25, 0.3) is 11.1 Å². The number of pyridine rings is 1. The Morgan fingerprint density at radius 1 is 1.00 bits per heavy atom. The van der Waals surface area contributed by atoms with E-state index < -0.39 is 5.97 Å². The van der Waals surface area contributed by atoms with Crippen LogP contribution in [0.1, 0.15) is 10.5 Å². The molecule has 0 N–H and O–H groups in total. The van der Waals surface area contributed by atoms with Gasteiger partial charge >= 0.3 is 5.97 Å². The molecule has 0 radical (unpaired) electrons. The summed E-state index contributed by atoms with van der Waals surface area (Å²) >= 11 is 0. The molecule has 1 heterocycles. The Kier molecular flexibility index (Phi) is 3.57. The maximum atomic E-state index is 11.2. The van der Waals surface area contributed by atoms with Crippen molar-refractivity contribution >= 4 is 5.97 Å². The molecule has 0 aliphatic heterocycles. The Morgan fingerprint density at radius 2 is 1.67 bits per heavy atom. The first-order chi connectivity index (χ1) is 8.74. The lowest BCUT2D eigenvalue weighted by atomic mass is 10.1. The van der Waals surface area contributed by atoms with Gasteiger partial charge in [0.25, 0.3) is 0 Å². The fourth-order valence-electron chi connectivity index (χ4n) is 1.57. The Bertz CT molecular complexity index is 532.